The molecule has 0 aromatic heterocycles. The van der Waals surface area contributed by atoms with Crippen LogP contribution in [0.4, 0.5) is 15.8 Å². The molecule has 0 atom stereocenters. The van der Waals surface area contributed by atoms with Crippen LogP contribution in [0.25, 0.3) is 0 Å². The van der Waals surface area contributed by atoms with Crippen molar-refractivity contribution in [2.45, 2.75) is 24.9 Å². The van der Waals surface area contributed by atoms with Gasteiger partial charge in [-0.25, -0.2) is 4.39 Å². The molecule has 2 N–H and O–H groups in total. The number of fused-ring (bicyclic) bond motifs is 1. The minimum absolute atomic E-state index is 0.137. The topological polar surface area (TPSA) is 50.4 Å². The number of nitrogens with one attached hydrogen (secondary N) is 2. The third kappa shape index (κ3) is 2.63. The quantitative estimate of drug-likeness (QED) is 0.910. The molecule has 1 fully saturated rings. The Balaban J connectivity index is 1.51. The van der Waals surface area contributed by atoms with Crippen LogP contribution in [0.5, 0.6) is 5.75 Å². The molecule has 2 aromatic carbocycles. The van der Waals surface area contributed by atoms with Crippen molar-refractivity contribution in [3.63, 3.8) is 0 Å². The molecule has 1 saturated carbocycles. The molecule has 4 rings (SSSR count). The van der Waals surface area contributed by atoms with Crippen LogP contribution >= 0.6 is 0 Å². The lowest BCUT2D eigenvalue weighted by Gasteiger charge is -2.19. The van der Waals surface area contributed by atoms with Crippen LogP contribution in [0.2, 0.25) is 0 Å². The van der Waals surface area contributed by atoms with Crippen LogP contribution in [0, 0.1) is 5.82 Å². The highest BCUT2D eigenvalue weighted by molar-refractivity contribution is 6.00. The highest BCUT2D eigenvalue weighted by atomic mass is 19.1. The lowest BCUT2D eigenvalue weighted by atomic mass is 10.1. The fourth-order valence-electron chi connectivity index (χ4n) is 2.91. The van der Waals surface area contributed by atoms with E-state index in [1.54, 1.807) is 12.1 Å². The Kier molecular flexibility index (Phi) is 3.22. The Morgan fingerprint density at radius 3 is 2.70 bits per heavy atom. The van der Waals surface area contributed by atoms with Gasteiger partial charge in [0.05, 0.1) is 0 Å². The first-order valence-corrected chi connectivity index (χ1v) is 7.78. The third-order valence-corrected chi connectivity index (χ3v) is 4.36. The van der Waals surface area contributed by atoms with Crippen LogP contribution in [-0.2, 0) is 11.2 Å². The first kappa shape index (κ1) is 14.1. The molecule has 0 radical (unpaired) electrons. The van der Waals surface area contributed by atoms with E-state index in [2.05, 4.69) is 10.6 Å². The second-order valence-electron chi connectivity index (χ2n) is 6.01. The third-order valence-electron chi connectivity index (χ3n) is 4.36. The van der Waals surface area contributed by atoms with Gasteiger partial charge >= 0.3 is 0 Å². The van der Waals surface area contributed by atoms with E-state index in [1.165, 1.54) is 12.1 Å². The minimum atomic E-state index is -0.827. The summed E-state index contributed by atoms with van der Waals surface area (Å²) >= 11 is 0. The monoisotopic (exact) mass is 312 g/mol. The molecule has 0 unspecified atom stereocenters. The van der Waals surface area contributed by atoms with E-state index >= 15 is 0 Å². The Bertz CT molecular complexity index is 754. The Hall–Kier alpha value is -2.56. The SMILES string of the molecule is O=C(Nc1cccc2c1CCN2)C1(Oc2ccc(F)cc2)CC1. The molecule has 118 valence electrons. The van der Waals surface area contributed by atoms with Crippen molar-refractivity contribution in [3.8, 4) is 5.75 Å². The van der Waals surface area contributed by atoms with Gasteiger partial charge in [0, 0.05) is 36.3 Å². The van der Waals surface area contributed by atoms with Crippen LogP contribution in [0.3, 0.4) is 0 Å². The molecule has 4 nitrogen and oxygen atoms in total. The molecular weight excluding hydrogens is 295 g/mol. The Morgan fingerprint density at radius 2 is 1.96 bits per heavy atom. The van der Waals surface area contributed by atoms with Gasteiger partial charge in [-0.15, -0.1) is 0 Å². The normalized spacial score (nSPS) is 17.1. The molecule has 1 aliphatic heterocycles. The molecular formula is C18H17FN2O2. The largest absolute Gasteiger partial charge is 0.477 e. The van der Waals surface area contributed by atoms with E-state index in [0.29, 0.717) is 18.6 Å². The zero-order valence-electron chi connectivity index (χ0n) is 12.6. The summed E-state index contributed by atoms with van der Waals surface area (Å²) in [6.45, 7) is 0.888. The zero-order valence-corrected chi connectivity index (χ0v) is 12.6. The molecule has 1 aliphatic carbocycles. The van der Waals surface area contributed by atoms with Gasteiger partial charge in [0.2, 0.25) is 0 Å². The van der Waals surface area contributed by atoms with E-state index in [4.69, 9.17) is 4.74 Å². The summed E-state index contributed by atoms with van der Waals surface area (Å²) in [5.74, 6) is 0.0557. The standard InChI is InChI=1S/C18H17FN2O2/c19-12-4-6-13(7-5-12)23-18(9-10-18)17(22)21-16-3-1-2-15-14(16)8-11-20-15/h1-7,20H,8-11H2,(H,21,22). The van der Waals surface area contributed by atoms with Gasteiger partial charge in [0.1, 0.15) is 11.6 Å². The summed E-state index contributed by atoms with van der Waals surface area (Å²) in [5, 5.41) is 6.29. The van der Waals surface area contributed by atoms with Gasteiger partial charge in [-0.2, -0.15) is 0 Å². The molecule has 0 bridgehead atoms. The van der Waals surface area contributed by atoms with Crippen LogP contribution in [0.1, 0.15) is 18.4 Å². The highest BCUT2D eigenvalue weighted by Crippen LogP contribution is 2.42. The average Bonchev–Trinajstić information content (AvgIpc) is 3.17. The van der Waals surface area contributed by atoms with Crippen molar-refractivity contribution in [1.29, 1.82) is 0 Å². The molecule has 1 amide bonds. The van der Waals surface area contributed by atoms with Crippen LogP contribution in [-0.4, -0.2) is 18.1 Å². The Labute approximate surface area is 133 Å². The number of anilines is 2. The first-order valence-electron chi connectivity index (χ1n) is 7.78. The lowest BCUT2D eigenvalue weighted by Crippen LogP contribution is -2.35. The number of rotatable bonds is 4. The maximum absolute atomic E-state index is 13.0. The van der Waals surface area contributed by atoms with E-state index in [-0.39, 0.29) is 11.7 Å². The van der Waals surface area contributed by atoms with Crippen molar-refractivity contribution in [2.75, 3.05) is 17.2 Å². The summed E-state index contributed by atoms with van der Waals surface area (Å²) in [4.78, 5) is 12.6. The van der Waals surface area contributed by atoms with E-state index in [9.17, 15) is 9.18 Å². The molecule has 5 heteroatoms. The molecule has 0 spiro atoms. The zero-order chi connectivity index (χ0) is 15.9. The number of hydrogen-bond donors (Lipinski definition) is 2. The van der Waals surface area contributed by atoms with Crippen molar-refractivity contribution in [1.82, 2.24) is 0 Å². The smallest absolute Gasteiger partial charge is 0.268 e. The summed E-state index contributed by atoms with van der Waals surface area (Å²) in [6, 6.07) is 11.6. The molecule has 2 aromatic rings. The summed E-state index contributed by atoms with van der Waals surface area (Å²) < 4.78 is 18.8. The van der Waals surface area contributed by atoms with Crippen molar-refractivity contribution >= 4 is 17.3 Å². The van der Waals surface area contributed by atoms with E-state index in [0.717, 1.165) is 29.9 Å². The maximum Gasteiger partial charge on any atom is 0.268 e. The number of hydrogen-bond acceptors (Lipinski definition) is 3. The van der Waals surface area contributed by atoms with Gasteiger partial charge in [-0.1, -0.05) is 6.07 Å². The number of benzene rings is 2. The summed E-state index contributed by atoms with van der Waals surface area (Å²) in [6.07, 6.45) is 2.24. The minimum Gasteiger partial charge on any atom is -0.477 e. The Morgan fingerprint density at radius 1 is 1.17 bits per heavy atom. The van der Waals surface area contributed by atoms with Gasteiger partial charge in [0.25, 0.3) is 5.91 Å². The van der Waals surface area contributed by atoms with E-state index in [1.807, 2.05) is 18.2 Å². The maximum atomic E-state index is 13.0. The molecule has 0 saturated heterocycles. The highest BCUT2D eigenvalue weighted by Gasteiger charge is 2.53. The first-order chi connectivity index (χ1) is 11.2. The van der Waals surface area contributed by atoms with E-state index < -0.39 is 5.60 Å². The second-order valence-corrected chi connectivity index (χ2v) is 6.01. The summed E-state index contributed by atoms with van der Waals surface area (Å²) in [7, 11) is 0. The summed E-state index contributed by atoms with van der Waals surface area (Å²) in [5.41, 5.74) is 2.23. The molecule has 2 aliphatic rings. The fourth-order valence-corrected chi connectivity index (χ4v) is 2.91. The van der Waals surface area contributed by atoms with Gasteiger partial charge in [-0.3, -0.25) is 4.79 Å². The van der Waals surface area contributed by atoms with Crippen LogP contribution < -0.4 is 15.4 Å². The van der Waals surface area contributed by atoms with Gasteiger partial charge in [0.15, 0.2) is 5.60 Å². The average molecular weight is 312 g/mol. The number of amides is 1. The lowest BCUT2D eigenvalue weighted by molar-refractivity contribution is -0.124. The number of carbonyl (C=O) groups excluding carboxylic acids is 1. The predicted molar refractivity (Wildman–Crippen MR) is 86.3 cm³/mol. The molecule has 23 heavy (non-hydrogen) atoms. The predicted octanol–water partition coefficient (Wildman–Crippen LogP) is 3.34. The second kappa shape index (κ2) is 5.26. The number of halogens is 1. The van der Waals surface area contributed by atoms with Crippen molar-refractivity contribution in [3.05, 3.63) is 53.8 Å². The van der Waals surface area contributed by atoms with Crippen molar-refractivity contribution < 1.29 is 13.9 Å². The number of ether oxygens (including phenoxy) is 1. The van der Waals surface area contributed by atoms with Gasteiger partial charge < -0.3 is 15.4 Å². The molecule has 1 heterocycles. The fraction of sp³-hybridized carbons (Fsp3) is 0.278. The number of carbonyl (C=O) groups is 1. The van der Waals surface area contributed by atoms with Crippen molar-refractivity contribution in [2.24, 2.45) is 0 Å². The van der Waals surface area contributed by atoms with Crippen LogP contribution in [0.15, 0.2) is 42.5 Å². The van der Waals surface area contributed by atoms with Gasteiger partial charge in [-0.05, 0) is 42.8 Å².